The first-order valence-corrected chi connectivity index (χ1v) is 11.7. The Morgan fingerprint density at radius 1 is 1.12 bits per heavy atom. The van der Waals surface area contributed by atoms with Crippen LogP contribution in [-0.2, 0) is 0 Å². The number of pyridine rings is 1. The molecule has 34 heavy (non-hydrogen) atoms. The van der Waals surface area contributed by atoms with E-state index in [1.165, 1.54) is 12.8 Å². The molecule has 6 heteroatoms. The molecular weight excluding hydrogens is 427 g/mol. The van der Waals surface area contributed by atoms with Gasteiger partial charge in [0, 0.05) is 48.3 Å². The van der Waals surface area contributed by atoms with Gasteiger partial charge in [0.1, 0.15) is 5.83 Å². The van der Waals surface area contributed by atoms with Crippen molar-refractivity contribution in [2.45, 2.75) is 19.3 Å². The average molecular weight is 459 g/mol. The second-order valence-electron chi connectivity index (χ2n) is 8.77. The monoisotopic (exact) mass is 458 g/mol. The zero-order chi connectivity index (χ0) is 23.9. The molecule has 0 unspecified atom stereocenters. The van der Waals surface area contributed by atoms with Crippen LogP contribution in [0.15, 0.2) is 85.6 Å². The lowest BCUT2D eigenvalue weighted by atomic mass is 10.0. The van der Waals surface area contributed by atoms with Gasteiger partial charge >= 0.3 is 0 Å². The molecule has 0 spiro atoms. The number of fused-ring (bicyclic) bond motifs is 1. The molecule has 1 aliphatic heterocycles. The molecule has 0 saturated carbocycles. The summed E-state index contributed by atoms with van der Waals surface area (Å²) in [5.74, 6) is -0.607. The number of halogens is 1. The summed E-state index contributed by atoms with van der Waals surface area (Å²) in [6, 6.07) is 11.1. The number of nitrogens with zero attached hydrogens (tertiary/aromatic N) is 3. The Morgan fingerprint density at radius 3 is 2.62 bits per heavy atom. The Bertz CT molecular complexity index is 1190. The third-order valence-corrected chi connectivity index (χ3v) is 6.21. The van der Waals surface area contributed by atoms with Crippen molar-refractivity contribution in [1.29, 1.82) is 0 Å². The number of aromatic nitrogens is 2. The largest absolute Gasteiger partial charge is 0.361 e. The topological polar surface area (TPSA) is 52.2 Å². The van der Waals surface area contributed by atoms with Gasteiger partial charge in [-0.2, -0.15) is 0 Å². The van der Waals surface area contributed by atoms with Crippen molar-refractivity contribution in [2.24, 2.45) is 0 Å². The molecule has 1 aromatic carbocycles. The Balaban J connectivity index is 1.51. The number of amides is 1. The van der Waals surface area contributed by atoms with Gasteiger partial charge in [0.05, 0.1) is 0 Å². The Labute approximate surface area is 200 Å². The van der Waals surface area contributed by atoms with Crippen molar-refractivity contribution < 1.29 is 9.18 Å². The van der Waals surface area contributed by atoms with E-state index in [0.717, 1.165) is 42.5 Å². The number of allylic oxidation sites excluding steroid dienone is 2. The number of rotatable bonds is 10. The molecule has 1 N–H and O–H groups in total. The first kappa shape index (κ1) is 23.6. The number of carbonyl (C=O) groups is 1. The second-order valence-corrected chi connectivity index (χ2v) is 8.77. The molecule has 1 saturated heterocycles. The van der Waals surface area contributed by atoms with Crippen molar-refractivity contribution >= 4 is 22.4 Å². The molecule has 0 bridgehead atoms. The Hall–Kier alpha value is -3.51. The van der Waals surface area contributed by atoms with Crippen LogP contribution in [0.2, 0.25) is 0 Å². The average Bonchev–Trinajstić information content (AvgIpc) is 3.53. The molecule has 3 heterocycles. The SMILES string of the molecule is C=C(/C=C(\C(=C)F)c1ccc2[nH]ccc2c1)CN(CCCN1CCCC1)C(=O)c1ccncc1. The fourth-order valence-corrected chi connectivity index (χ4v) is 4.45. The van der Waals surface area contributed by atoms with Crippen LogP contribution in [0.25, 0.3) is 16.5 Å². The number of H-pyrrole nitrogens is 1. The maximum Gasteiger partial charge on any atom is 0.254 e. The van der Waals surface area contributed by atoms with Gasteiger partial charge in [-0.3, -0.25) is 9.78 Å². The van der Waals surface area contributed by atoms with Gasteiger partial charge in [0.15, 0.2) is 0 Å². The second kappa shape index (κ2) is 11.1. The number of likely N-dealkylation sites (tertiary alicyclic amines) is 1. The summed E-state index contributed by atoms with van der Waals surface area (Å²) >= 11 is 0. The van der Waals surface area contributed by atoms with Crippen LogP contribution < -0.4 is 0 Å². The number of aromatic amines is 1. The number of hydrogen-bond donors (Lipinski definition) is 1. The quantitative estimate of drug-likeness (QED) is 0.402. The molecule has 0 atom stereocenters. The molecule has 5 nitrogen and oxygen atoms in total. The van der Waals surface area contributed by atoms with Gasteiger partial charge in [0.2, 0.25) is 0 Å². The molecule has 4 rings (SSSR count). The van der Waals surface area contributed by atoms with E-state index >= 15 is 0 Å². The van der Waals surface area contributed by atoms with Crippen molar-refractivity contribution in [1.82, 2.24) is 19.8 Å². The third-order valence-electron chi connectivity index (χ3n) is 6.21. The lowest BCUT2D eigenvalue weighted by Gasteiger charge is -2.25. The fraction of sp³-hybridized carbons (Fsp3) is 0.286. The van der Waals surface area contributed by atoms with E-state index in [1.807, 2.05) is 30.5 Å². The first-order valence-electron chi connectivity index (χ1n) is 11.7. The van der Waals surface area contributed by atoms with Crippen molar-refractivity contribution in [2.75, 3.05) is 32.7 Å². The molecule has 0 radical (unpaired) electrons. The van der Waals surface area contributed by atoms with E-state index in [4.69, 9.17) is 0 Å². The highest BCUT2D eigenvalue weighted by Crippen LogP contribution is 2.27. The highest BCUT2D eigenvalue weighted by Gasteiger charge is 2.18. The van der Waals surface area contributed by atoms with Gasteiger partial charge in [-0.25, -0.2) is 4.39 Å². The molecule has 2 aromatic heterocycles. The van der Waals surface area contributed by atoms with Gasteiger partial charge in [-0.1, -0.05) is 19.2 Å². The van der Waals surface area contributed by atoms with E-state index in [-0.39, 0.29) is 5.91 Å². The molecule has 0 aliphatic carbocycles. The minimum Gasteiger partial charge on any atom is -0.361 e. The van der Waals surface area contributed by atoms with E-state index in [9.17, 15) is 9.18 Å². The lowest BCUT2D eigenvalue weighted by molar-refractivity contribution is 0.0765. The van der Waals surface area contributed by atoms with Gasteiger partial charge < -0.3 is 14.8 Å². The summed E-state index contributed by atoms with van der Waals surface area (Å²) in [5.41, 5.74) is 3.31. The van der Waals surface area contributed by atoms with Gasteiger partial charge in [-0.15, -0.1) is 0 Å². The minimum absolute atomic E-state index is 0.0762. The number of nitrogens with one attached hydrogen (secondary N) is 1. The minimum atomic E-state index is -0.530. The zero-order valence-electron chi connectivity index (χ0n) is 19.5. The van der Waals surface area contributed by atoms with Crippen LogP contribution >= 0.6 is 0 Å². The molecular formula is C28H31FN4O. The smallest absolute Gasteiger partial charge is 0.254 e. The standard InChI is InChI=1S/C28H31FN4O/c1-21(18-26(22(2)29)24-6-7-27-25(19-24)10-13-31-27)20-33(17-5-16-32-14-3-4-15-32)28(34)23-8-11-30-12-9-23/h6-13,18-19,31H,1-5,14-17,20H2/b26-18+. The number of carbonyl (C=O) groups excluding carboxylic acids is 1. The van der Waals surface area contributed by atoms with Gasteiger partial charge in [0.25, 0.3) is 5.91 Å². The van der Waals surface area contributed by atoms with Crippen LogP contribution in [0.4, 0.5) is 4.39 Å². The molecule has 1 amide bonds. The van der Waals surface area contributed by atoms with E-state index in [1.54, 1.807) is 35.5 Å². The highest BCUT2D eigenvalue weighted by molar-refractivity contribution is 5.94. The van der Waals surface area contributed by atoms with Crippen molar-refractivity contribution in [3.63, 3.8) is 0 Å². The van der Waals surface area contributed by atoms with Crippen molar-refractivity contribution in [3.8, 4) is 0 Å². The summed E-state index contributed by atoms with van der Waals surface area (Å²) in [6.45, 7) is 11.8. The third kappa shape index (κ3) is 5.88. The van der Waals surface area contributed by atoms with Crippen LogP contribution in [0, 0.1) is 0 Å². The predicted octanol–water partition coefficient (Wildman–Crippen LogP) is 5.61. The van der Waals surface area contributed by atoms with Crippen LogP contribution in [0.5, 0.6) is 0 Å². The molecule has 1 aliphatic rings. The lowest BCUT2D eigenvalue weighted by Crippen LogP contribution is -2.35. The Kier molecular flexibility index (Phi) is 7.70. The molecule has 3 aromatic rings. The van der Waals surface area contributed by atoms with E-state index in [0.29, 0.717) is 29.8 Å². The highest BCUT2D eigenvalue weighted by atomic mass is 19.1. The van der Waals surface area contributed by atoms with E-state index < -0.39 is 5.83 Å². The first-order chi connectivity index (χ1) is 16.5. The fourth-order valence-electron chi connectivity index (χ4n) is 4.45. The van der Waals surface area contributed by atoms with Crippen LogP contribution in [0.1, 0.15) is 35.2 Å². The maximum absolute atomic E-state index is 14.5. The molecule has 1 fully saturated rings. The number of hydrogen-bond acceptors (Lipinski definition) is 3. The van der Waals surface area contributed by atoms with Crippen LogP contribution in [-0.4, -0.2) is 58.4 Å². The van der Waals surface area contributed by atoms with Crippen LogP contribution in [0.3, 0.4) is 0 Å². The predicted molar refractivity (Wildman–Crippen MR) is 136 cm³/mol. The Morgan fingerprint density at radius 2 is 1.88 bits per heavy atom. The summed E-state index contributed by atoms with van der Waals surface area (Å²) in [7, 11) is 0. The molecule has 176 valence electrons. The summed E-state index contributed by atoms with van der Waals surface area (Å²) in [5, 5.41) is 0.992. The summed E-state index contributed by atoms with van der Waals surface area (Å²) in [6.07, 6.45) is 10.1. The summed E-state index contributed by atoms with van der Waals surface area (Å²) in [4.78, 5) is 24.6. The normalized spacial score (nSPS) is 14.4. The van der Waals surface area contributed by atoms with Crippen molar-refractivity contribution in [3.05, 3.63) is 96.7 Å². The van der Waals surface area contributed by atoms with E-state index in [2.05, 4.69) is 28.0 Å². The maximum atomic E-state index is 14.5. The van der Waals surface area contributed by atoms with Gasteiger partial charge in [-0.05, 0) is 91.8 Å². The number of benzene rings is 1. The zero-order valence-corrected chi connectivity index (χ0v) is 19.5. The summed E-state index contributed by atoms with van der Waals surface area (Å²) < 4.78 is 14.5.